The molecule has 0 aliphatic rings. The van der Waals surface area contributed by atoms with Gasteiger partial charge in [0.15, 0.2) is 0 Å². The van der Waals surface area contributed by atoms with Gasteiger partial charge in [0, 0.05) is 10.5 Å². The molecular formula is C20H35BrO2Si2. The van der Waals surface area contributed by atoms with E-state index >= 15 is 0 Å². The third-order valence-electron chi connectivity index (χ3n) is 5.50. The molecule has 0 amide bonds. The molecule has 0 aliphatic carbocycles. The van der Waals surface area contributed by atoms with Crippen LogP contribution in [0.4, 0.5) is 0 Å². The molecule has 0 heterocycles. The maximum atomic E-state index is 6.58. The monoisotopic (exact) mass is 442 g/mol. The first-order valence-corrected chi connectivity index (χ1v) is 15.5. The SMILES string of the molecule is CC(C)(C)[Si](C)(C)OC(=Cc1ccccc1Br)O[Si](C)(C)C(C)(C)C. The van der Waals surface area contributed by atoms with Gasteiger partial charge >= 0.3 is 0 Å². The van der Waals surface area contributed by atoms with E-state index in [1.165, 1.54) is 0 Å². The van der Waals surface area contributed by atoms with Gasteiger partial charge in [0.2, 0.25) is 0 Å². The van der Waals surface area contributed by atoms with Crippen molar-refractivity contribution in [2.45, 2.75) is 77.8 Å². The topological polar surface area (TPSA) is 18.5 Å². The summed E-state index contributed by atoms with van der Waals surface area (Å²) in [5.74, 6) is 0.671. The Balaban J connectivity index is 3.31. The first-order valence-electron chi connectivity index (χ1n) is 8.91. The van der Waals surface area contributed by atoms with Crippen LogP contribution in [-0.2, 0) is 8.85 Å². The molecule has 0 saturated heterocycles. The summed E-state index contributed by atoms with van der Waals surface area (Å²) in [7, 11) is -3.97. The number of halogens is 1. The molecule has 0 N–H and O–H groups in total. The second kappa shape index (κ2) is 7.61. The van der Waals surface area contributed by atoms with Gasteiger partial charge in [-0.25, -0.2) is 0 Å². The Labute approximate surface area is 165 Å². The molecule has 142 valence electrons. The Hall–Kier alpha value is -0.526. The molecule has 0 radical (unpaired) electrons. The number of hydrogen-bond acceptors (Lipinski definition) is 2. The van der Waals surface area contributed by atoms with E-state index in [-0.39, 0.29) is 10.1 Å². The molecule has 1 aromatic carbocycles. The second-order valence-corrected chi connectivity index (χ2v) is 20.0. The van der Waals surface area contributed by atoms with Crippen LogP contribution in [0.1, 0.15) is 47.1 Å². The summed E-state index contributed by atoms with van der Waals surface area (Å²) in [5.41, 5.74) is 1.08. The van der Waals surface area contributed by atoms with Crippen LogP contribution in [0.3, 0.4) is 0 Å². The maximum absolute atomic E-state index is 6.58. The van der Waals surface area contributed by atoms with Crippen molar-refractivity contribution in [3.63, 3.8) is 0 Å². The van der Waals surface area contributed by atoms with E-state index in [0.717, 1.165) is 10.0 Å². The maximum Gasteiger partial charge on any atom is 0.254 e. The molecule has 0 atom stereocenters. The molecule has 0 saturated carbocycles. The molecule has 25 heavy (non-hydrogen) atoms. The third kappa shape index (κ3) is 6.00. The van der Waals surface area contributed by atoms with Crippen molar-refractivity contribution < 1.29 is 8.85 Å². The van der Waals surface area contributed by atoms with Crippen LogP contribution < -0.4 is 0 Å². The van der Waals surface area contributed by atoms with Crippen molar-refractivity contribution in [3.8, 4) is 0 Å². The molecule has 1 rings (SSSR count). The fraction of sp³-hybridized carbons (Fsp3) is 0.600. The van der Waals surface area contributed by atoms with E-state index in [2.05, 4.69) is 89.7 Å². The molecule has 0 fully saturated rings. The van der Waals surface area contributed by atoms with Gasteiger partial charge in [0.25, 0.3) is 22.6 Å². The highest BCUT2D eigenvalue weighted by Gasteiger charge is 2.43. The third-order valence-corrected chi connectivity index (χ3v) is 14.9. The average Bonchev–Trinajstić information content (AvgIpc) is 2.37. The second-order valence-electron chi connectivity index (χ2n) is 9.71. The molecule has 0 unspecified atom stereocenters. The summed E-state index contributed by atoms with van der Waals surface area (Å²) >= 11 is 3.63. The number of rotatable bonds is 5. The molecule has 5 heteroatoms. The highest BCUT2D eigenvalue weighted by molar-refractivity contribution is 9.10. The standard InChI is InChI=1S/C20H35BrO2Si2/c1-19(2,3)24(7,8)22-18(23-25(9,10)20(4,5)6)15-16-13-11-12-14-17(16)21/h11-15H,1-10H3. The van der Waals surface area contributed by atoms with E-state index in [4.69, 9.17) is 8.85 Å². The van der Waals surface area contributed by atoms with Crippen molar-refractivity contribution in [2.24, 2.45) is 0 Å². The van der Waals surface area contributed by atoms with Gasteiger partial charge in [-0.05, 0) is 47.9 Å². The first kappa shape index (κ1) is 22.5. The van der Waals surface area contributed by atoms with Crippen molar-refractivity contribution in [2.75, 3.05) is 0 Å². The van der Waals surface area contributed by atoms with Gasteiger partial charge in [-0.2, -0.15) is 0 Å². The lowest BCUT2D eigenvalue weighted by atomic mass is 10.2. The predicted octanol–water partition coefficient (Wildman–Crippen LogP) is 7.79. The largest absolute Gasteiger partial charge is 0.520 e. The molecule has 0 aliphatic heterocycles. The quantitative estimate of drug-likeness (QED) is 0.341. The van der Waals surface area contributed by atoms with Crippen LogP contribution in [0.25, 0.3) is 6.08 Å². The fourth-order valence-corrected chi connectivity index (χ4v) is 3.91. The van der Waals surface area contributed by atoms with E-state index < -0.39 is 16.6 Å². The summed E-state index contributed by atoms with van der Waals surface area (Å²) in [6.45, 7) is 22.5. The van der Waals surface area contributed by atoms with Crippen LogP contribution in [-0.4, -0.2) is 16.6 Å². The highest BCUT2D eigenvalue weighted by Crippen LogP contribution is 2.42. The Morgan fingerprint density at radius 3 is 1.60 bits per heavy atom. The molecule has 1 aromatic rings. The minimum atomic E-state index is -1.98. The number of hydrogen-bond donors (Lipinski definition) is 0. The summed E-state index contributed by atoms with van der Waals surface area (Å²) in [6.07, 6.45) is 2.05. The summed E-state index contributed by atoms with van der Waals surface area (Å²) < 4.78 is 14.2. The lowest BCUT2D eigenvalue weighted by Crippen LogP contribution is -2.45. The van der Waals surface area contributed by atoms with Crippen molar-refractivity contribution in [3.05, 3.63) is 40.2 Å². The first-order chi connectivity index (χ1) is 11.1. The Bertz CT molecular complexity index is 593. The fourth-order valence-electron chi connectivity index (χ4n) is 1.61. The smallest absolute Gasteiger partial charge is 0.254 e. The zero-order valence-corrected chi connectivity index (χ0v) is 21.2. The van der Waals surface area contributed by atoms with Gasteiger partial charge in [0.1, 0.15) is 0 Å². The van der Waals surface area contributed by atoms with Gasteiger partial charge in [-0.15, -0.1) is 0 Å². The minimum Gasteiger partial charge on any atom is -0.520 e. The van der Waals surface area contributed by atoms with Gasteiger partial charge in [-0.1, -0.05) is 75.7 Å². The van der Waals surface area contributed by atoms with E-state index in [1.54, 1.807) is 0 Å². The average molecular weight is 444 g/mol. The number of benzene rings is 1. The van der Waals surface area contributed by atoms with Crippen molar-refractivity contribution in [1.82, 2.24) is 0 Å². The van der Waals surface area contributed by atoms with Gasteiger partial charge in [0.05, 0.1) is 0 Å². The van der Waals surface area contributed by atoms with Crippen LogP contribution in [0.5, 0.6) is 0 Å². The Kier molecular flexibility index (Phi) is 6.85. The predicted molar refractivity (Wildman–Crippen MR) is 119 cm³/mol. The molecule has 2 nitrogen and oxygen atoms in total. The van der Waals surface area contributed by atoms with Crippen molar-refractivity contribution in [1.29, 1.82) is 0 Å². The van der Waals surface area contributed by atoms with Gasteiger partial charge < -0.3 is 8.85 Å². The zero-order valence-electron chi connectivity index (χ0n) is 17.6. The lowest BCUT2D eigenvalue weighted by molar-refractivity contribution is 0.201. The molecule has 0 spiro atoms. The van der Waals surface area contributed by atoms with Crippen LogP contribution in [0.15, 0.2) is 34.7 Å². The summed E-state index contributed by atoms with van der Waals surface area (Å²) in [4.78, 5) is 0. The lowest BCUT2D eigenvalue weighted by Gasteiger charge is -2.41. The molecule has 0 aromatic heterocycles. The zero-order chi connectivity index (χ0) is 19.7. The van der Waals surface area contributed by atoms with E-state index in [0.29, 0.717) is 5.95 Å². The summed E-state index contributed by atoms with van der Waals surface area (Å²) in [5, 5.41) is 0.244. The minimum absolute atomic E-state index is 0.122. The van der Waals surface area contributed by atoms with Crippen LogP contribution >= 0.6 is 15.9 Å². The van der Waals surface area contributed by atoms with Crippen molar-refractivity contribution >= 4 is 38.6 Å². The highest BCUT2D eigenvalue weighted by atomic mass is 79.9. The van der Waals surface area contributed by atoms with E-state index in [9.17, 15) is 0 Å². The van der Waals surface area contributed by atoms with Crippen LogP contribution in [0.2, 0.25) is 36.3 Å². The Morgan fingerprint density at radius 1 is 0.840 bits per heavy atom. The van der Waals surface area contributed by atoms with Gasteiger partial charge in [-0.3, -0.25) is 0 Å². The molecular weight excluding hydrogens is 408 g/mol. The van der Waals surface area contributed by atoms with Crippen LogP contribution in [0, 0.1) is 0 Å². The van der Waals surface area contributed by atoms with E-state index in [1.807, 2.05) is 24.3 Å². The Morgan fingerprint density at radius 2 is 1.24 bits per heavy atom. The normalized spacial score (nSPS) is 13.4. The summed E-state index contributed by atoms with van der Waals surface area (Å²) in [6, 6.07) is 8.17. The molecule has 0 bridgehead atoms.